The minimum absolute atomic E-state index is 0.00988. The van der Waals surface area contributed by atoms with E-state index in [1.54, 1.807) is 0 Å². The lowest BCUT2D eigenvalue weighted by Gasteiger charge is -2.41. The molecule has 14 nitrogen and oxygen atoms in total. The number of rotatable bonds is 6. The maximum Gasteiger partial charge on any atom is 0.229 e. The summed E-state index contributed by atoms with van der Waals surface area (Å²) in [7, 11) is 0. The number of aliphatic hydroxyl groups excluding tert-OH is 6. The molecular formula is C26H28O14. The van der Waals surface area contributed by atoms with Crippen LogP contribution in [0.5, 0.6) is 17.2 Å². The zero-order valence-electron chi connectivity index (χ0n) is 20.7. The Morgan fingerprint density at radius 3 is 2.27 bits per heavy atom. The Morgan fingerprint density at radius 1 is 0.850 bits per heavy atom. The third kappa shape index (κ3) is 5.36. The number of phenols is 2. The van der Waals surface area contributed by atoms with E-state index in [-0.39, 0.29) is 34.6 Å². The molecule has 9 atom stereocenters. The van der Waals surface area contributed by atoms with E-state index in [1.165, 1.54) is 36.6 Å². The SMILES string of the molecule is O=c1c(-c2ccc(O)cc2)coc2cc(O[C@@H]3O[C@@H](CO[C@@H]4OC[C@H](O)[C@@H](O)[C@@H]4O)[C@@H](O)[C@H](O)[C@H]3O)cc(O)c12. The van der Waals surface area contributed by atoms with Crippen LogP contribution in [-0.2, 0) is 14.2 Å². The molecule has 14 heteroatoms. The van der Waals surface area contributed by atoms with E-state index >= 15 is 0 Å². The Labute approximate surface area is 225 Å². The first-order chi connectivity index (χ1) is 19.0. The predicted octanol–water partition coefficient (Wildman–Crippen LogP) is -1.49. The minimum atomic E-state index is -1.75. The summed E-state index contributed by atoms with van der Waals surface area (Å²) >= 11 is 0. The number of hydrogen-bond donors (Lipinski definition) is 8. The van der Waals surface area contributed by atoms with Gasteiger partial charge in [0.1, 0.15) is 77.2 Å². The standard InChI is InChI=1S/C26H28O14/c27-11-3-1-10(2-4-11)13-7-36-16-6-12(5-14(28)18(16)19(13)30)39-26-24(35)22(33)21(32)17(40-26)9-38-25-23(34)20(31)15(29)8-37-25/h1-7,15,17,20-29,31-35H,8-9H2/t15-,17-,20+,21+,22-,23-,24+,25-,26+/m0/s1. The van der Waals surface area contributed by atoms with Crippen LogP contribution in [-0.4, -0.2) is 109 Å². The number of fused-ring (bicyclic) bond motifs is 1. The maximum atomic E-state index is 13.1. The first kappa shape index (κ1) is 28.2. The topological polar surface area (TPSA) is 229 Å². The van der Waals surface area contributed by atoms with Gasteiger partial charge in [0, 0.05) is 12.1 Å². The van der Waals surface area contributed by atoms with Crippen LogP contribution in [0.15, 0.2) is 51.9 Å². The summed E-state index contributed by atoms with van der Waals surface area (Å²) < 4.78 is 27.2. The molecule has 3 heterocycles. The van der Waals surface area contributed by atoms with Crippen molar-refractivity contribution in [2.24, 2.45) is 0 Å². The van der Waals surface area contributed by atoms with E-state index in [2.05, 4.69) is 0 Å². The molecule has 0 spiro atoms. The molecule has 5 rings (SSSR count). The van der Waals surface area contributed by atoms with Crippen molar-refractivity contribution in [1.29, 1.82) is 0 Å². The maximum absolute atomic E-state index is 13.1. The Morgan fingerprint density at radius 2 is 1.55 bits per heavy atom. The predicted molar refractivity (Wildman–Crippen MR) is 132 cm³/mol. The van der Waals surface area contributed by atoms with Crippen LogP contribution in [0.4, 0.5) is 0 Å². The fourth-order valence-electron chi connectivity index (χ4n) is 4.52. The van der Waals surface area contributed by atoms with Crippen molar-refractivity contribution in [2.75, 3.05) is 13.2 Å². The second kappa shape index (κ2) is 11.3. The van der Waals surface area contributed by atoms with Crippen LogP contribution >= 0.6 is 0 Å². The van der Waals surface area contributed by atoms with Gasteiger partial charge in [0.25, 0.3) is 0 Å². The van der Waals surface area contributed by atoms with Gasteiger partial charge in [-0.05, 0) is 17.7 Å². The highest BCUT2D eigenvalue weighted by molar-refractivity contribution is 5.88. The lowest BCUT2D eigenvalue weighted by Crippen LogP contribution is -2.61. The van der Waals surface area contributed by atoms with Gasteiger partial charge in [-0.1, -0.05) is 12.1 Å². The van der Waals surface area contributed by atoms with Gasteiger partial charge < -0.3 is 64.2 Å². The van der Waals surface area contributed by atoms with Crippen molar-refractivity contribution in [3.05, 3.63) is 52.9 Å². The molecule has 1 aromatic heterocycles. The molecule has 40 heavy (non-hydrogen) atoms. The molecule has 2 aromatic carbocycles. The van der Waals surface area contributed by atoms with Gasteiger partial charge in [-0.2, -0.15) is 0 Å². The Balaban J connectivity index is 1.33. The second-order valence-electron chi connectivity index (χ2n) is 9.56. The van der Waals surface area contributed by atoms with Gasteiger partial charge in [-0.3, -0.25) is 4.79 Å². The van der Waals surface area contributed by atoms with Gasteiger partial charge >= 0.3 is 0 Å². The number of hydrogen-bond acceptors (Lipinski definition) is 14. The minimum Gasteiger partial charge on any atom is -0.508 e. The summed E-state index contributed by atoms with van der Waals surface area (Å²) in [6.45, 7) is -0.796. The molecule has 2 aliphatic rings. The number of phenolic OH excluding ortho intramolecular Hbond substituents is 2. The third-order valence-corrected chi connectivity index (χ3v) is 6.81. The molecule has 0 unspecified atom stereocenters. The summed E-state index contributed by atoms with van der Waals surface area (Å²) in [5, 5.41) is 80.5. The van der Waals surface area contributed by atoms with Crippen LogP contribution < -0.4 is 10.2 Å². The highest BCUT2D eigenvalue weighted by Gasteiger charge is 2.46. The van der Waals surface area contributed by atoms with E-state index in [4.69, 9.17) is 23.4 Å². The highest BCUT2D eigenvalue weighted by Crippen LogP contribution is 2.33. The number of aliphatic hydroxyl groups is 6. The molecule has 2 saturated heterocycles. The quantitative estimate of drug-likeness (QED) is 0.171. The first-order valence-corrected chi connectivity index (χ1v) is 12.3. The Kier molecular flexibility index (Phi) is 7.96. The van der Waals surface area contributed by atoms with E-state index in [9.17, 15) is 45.6 Å². The van der Waals surface area contributed by atoms with Crippen molar-refractivity contribution in [2.45, 2.75) is 55.3 Å². The molecule has 0 aliphatic carbocycles. The van der Waals surface area contributed by atoms with Crippen molar-refractivity contribution in [1.82, 2.24) is 0 Å². The molecule has 0 saturated carbocycles. The average molecular weight is 564 g/mol. The molecule has 0 bridgehead atoms. The van der Waals surface area contributed by atoms with Gasteiger partial charge in [-0.15, -0.1) is 0 Å². The van der Waals surface area contributed by atoms with Crippen LogP contribution in [0.3, 0.4) is 0 Å². The smallest absolute Gasteiger partial charge is 0.229 e. The monoisotopic (exact) mass is 564 g/mol. The molecule has 216 valence electrons. The van der Waals surface area contributed by atoms with Crippen molar-refractivity contribution in [3.8, 4) is 28.4 Å². The first-order valence-electron chi connectivity index (χ1n) is 12.3. The lowest BCUT2D eigenvalue weighted by molar-refractivity contribution is -0.307. The summed E-state index contributed by atoms with van der Waals surface area (Å²) in [5.41, 5.74) is -0.0241. The molecule has 2 aliphatic heterocycles. The van der Waals surface area contributed by atoms with E-state index in [1.807, 2.05) is 0 Å². The second-order valence-corrected chi connectivity index (χ2v) is 9.56. The van der Waals surface area contributed by atoms with Crippen LogP contribution in [0.2, 0.25) is 0 Å². The lowest BCUT2D eigenvalue weighted by atomic mass is 9.99. The van der Waals surface area contributed by atoms with Gasteiger partial charge in [0.05, 0.1) is 18.8 Å². The van der Waals surface area contributed by atoms with Crippen LogP contribution in [0.25, 0.3) is 22.1 Å². The largest absolute Gasteiger partial charge is 0.508 e. The summed E-state index contributed by atoms with van der Waals surface area (Å²) in [4.78, 5) is 13.1. The number of ether oxygens (including phenoxy) is 4. The van der Waals surface area contributed by atoms with E-state index in [0.29, 0.717) is 5.56 Å². The highest BCUT2D eigenvalue weighted by atomic mass is 16.7. The van der Waals surface area contributed by atoms with Crippen LogP contribution in [0.1, 0.15) is 0 Å². The van der Waals surface area contributed by atoms with E-state index < -0.39 is 73.1 Å². The van der Waals surface area contributed by atoms with E-state index in [0.717, 1.165) is 6.07 Å². The van der Waals surface area contributed by atoms with Crippen LogP contribution in [0, 0.1) is 0 Å². The van der Waals surface area contributed by atoms with Gasteiger partial charge in [-0.25, -0.2) is 0 Å². The third-order valence-electron chi connectivity index (χ3n) is 6.81. The molecule has 2 fully saturated rings. The average Bonchev–Trinajstić information content (AvgIpc) is 2.93. The number of aromatic hydroxyl groups is 2. The normalized spacial score (nSPS) is 32.7. The van der Waals surface area contributed by atoms with Gasteiger partial charge in [0.2, 0.25) is 11.7 Å². The molecule has 3 aromatic rings. The fraction of sp³-hybridized carbons (Fsp3) is 0.423. The summed E-state index contributed by atoms with van der Waals surface area (Å²) in [6, 6.07) is 8.15. The zero-order valence-corrected chi connectivity index (χ0v) is 20.7. The Hall–Kier alpha value is -3.31. The van der Waals surface area contributed by atoms with Gasteiger partial charge in [0.15, 0.2) is 6.29 Å². The zero-order chi connectivity index (χ0) is 28.7. The molecule has 0 radical (unpaired) electrons. The molecule has 8 N–H and O–H groups in total. The summed E-state index contributed by atoms with van der Waals surface area (Å²) in [5.74, 6) is -0.603. The fourth-order valence-corrected chi connectivity index (χ4v) is 4.52. The molecular weight excluding hydrogens is 536 g/mol. The molecule has 0 amide bonds. The van der Waals surface area contributed by atoms with Crippen molar-refractivity contribution < 1.29 is 64.2 Å². The van der Waals surface area contributed by atoms with Crippen molar-refractivity contribution in [3.63, 3.8) is 0 Å². The summed E-state index contributed by atoms with van der Waals surface area (Å²) in [6.07, 6.45) is -12.7. The Bertz CT molecular complexity index is 1390. The van der Waals surface area contributed by atoms with Crippen molar-refractivity contribution >= 4 is 11.0 Å². The number of benzene rings is 2.